The maximum absolute atomic E-state index is 4.00. The van der Waals surface area contributed by atoms with Gasteiger partial charge in [-0.15, -0.1) is 0 Å². The van der Waals surface area contributed by atoms with Crippen molar-refractivity contribution in [3.63, 3.8) is 0 Å². The van der Waals surface area contributed by atoms with E-state index in [-0.39, 0.29) is 0 Å². The Labute approximate surface area is 43.8 Å². The topological polar surface area (TPSA) is 12.4 Å². The summed E-state index contributed by atoms with van der Waals surface area (Å²) in [7, 11) is 0. The molecule has 1 aliphatic rings. The molecule has 0 aromatic heterocycles. The predicted octanol–water partition coefficient (Wildman–Crippen LogP) is 1.21. The average Bonchev–Trinajstić information content (AvgIpc) is 1.90. The van der Waals surface area contributed by atoms with Gasteiger partial charge >= 0.3 is 0 Å². The van der Waals surface area contributed by atoms with Gasteiger partial charge in [0.1, 0.15) is 0 Å². The van der Waals surface area contributed by atoms with Crippen LogP contribution < -0.4 is 0 Å². The molecule has 0 atom stereocenters. The molecule has 1 heteroatoms. The summed E-state index contributed by atoms with van der Waals surface area (Å²) in [6.07, 6.45) is 9.02. The number of hydrogen-bond acceptors (Lipinski definition) is 1. The van der Waals surface area contributed by atoms with Crippen molar-refractivity contribution in [2.24, 2.45) is 4.99 Å². The van der Waals surface area contributed by atoms with Crippen molar-refractivity contribution in [3.8, 4) is 0 Å². The standard InChI is InChI=1S/C6H8N/c1-2-4-6-7-5-3-1/h1,5H,2,4,6H2. The van der Waals surface area contributed by atoms with Gasteiger partial charge in [-0.1, -0.05) is 6.08 Å². The van der Waals surface area contributed by atoms with Gasteiger partial charge in [-0.3, -0.25) is 4.99 Å². The summed E-state index contributed by atoms with van der Waals surface area (Å²) in [4.78, 5) is 4.00. The third-order valence-corrected chi connectivity index (χ3v) is 0.919. The molecule has 0 aromatic carbocycles. The summed E-state index contributed by atoms with van der Waals surface area (Å²) in [5.74, 6) is 0. The minimum absolute atomic E-state index is 0.976. The van der Waals surface area contributed by atoms with Crippen molar-refractivity contribution >= 4 is 6.21 Å². The van der Waals surface area contributed by atoms with Crippen LogP contribution in [-0.2, 0) is 0 Å². The minimum atomic E-state index is 0.976. The first-order valence-electron chi connectivity index (χ1n) is 2.56. The molecular weight excluding hydrogens is 86.1 g/mol. The highest BCUT2D eigenvalue weighted by Crippen LogP contribution is 1.92. The predicted molar refractivity (Wildman–Crippen MR) is 30.4 cm³/mol. The zero-order valence-corrected chi connectivity index (χ0v) is 4.22. The van der Waals surface area contributed by atoms with Crippen molar-refractivity contribution < 1.29 is 0 Å². The lowest BCUT2D eigenvalue weighted by atomic mass is 10.3. The van der Waals surface area contributed by atoms with Crippen molar-refractivity contribution in [3.05, 3.63) is 12.2 Å². The Kier molecular flexibility index (Phi) is 1.67. The molecule has 0 bridgehead atoms. The second-order valence-electron chi connectivity index (χ2n) is 1.55. The van der Waals surface area contributed by atoms with E-state index in [0.717, 1.165) is 13.0 Å². The first kappa shape index (κ1) is 4.57. The third-order valence-electron chi connectivity index (χ3n) is 0.919. The summed E-state index contributed by atoms with van der Waals surface area (Å²) >= 11 is 0. The second kappa shape index (κ2) is 2.56. The second-order valence-corrected chi connectivity index (χ2v) is 1.55. The first-order chi connectivity index (χ1) is 3.50. The molecule has 0 aromatic rings. The van der Waals surface area contributed by atoms with Crippen molar-refractivity contribution in [2.75, 3.05) is 6.54 Å². The van der Waals surface area contributed by atoms with Gasteiger partial charge in [-0.05, 0) is 18.9 Å². The van der Waals surface area contributed by atoms with E-state index < -0.39 is 0 Å². The SMILES string of the molecule is [C]1=CCCCN=C1. The monoisotopic (exact) mass is 94.1 g/mol. The zero-order valence-electron chi connectivity index (χ0n) is 4.22. The lowest BCUT2D eigenvalue weighted by Gasteiger charge is -1.81. The van der Waals surface area contributed by atoms with Crippen LogP contribution >= 0.6 is 0 Å². The van der Waals surface area contributed by atoms with E-state index in [1.807, 2.05) is 6.08 Å². The van der Waals surface area contributed by atoms with Crippen LogP contribution in [0.25, 0.3) is 0 Å². The van der Waals surface area contributed by atoms with Crippen LogP contribution in [0.2, 0.25) is 0 Å². The van der Waals surface area contributed by atoms with Crippen molar-refractivity contribution in [1.82, 2.24) is 0 Å². The highest BCUT2D eigenvalue weighted by atomic mass is 14.7. The fourth-order valence-electron chi connectivity index (χ4n) is 0.538. The Morgan fingerprint density at radius 1 is 1.57 bits per heavy atom. The number of hydrogen-bond donors (Lipinski definition) is 0. The number of rotatable bonds is 0. The Hall–Kier alpha value is -0.590. The molecule has 1 radical (unpaired) electrons. The Bertz CT molecular complexity index is 80.4. The zero-order chi connectivity index (χ0) is 4.95. The third kappa shape index (κ3) is 1.53. The van der Waals surface area contributed by atoms with Crippen LogP contribution in [0.4, 0.5) is 0 Å². The summed E-state index contributed by atoms with van der Waals surface area (Å²) in [5, 5.41) is 0. The van der Waals surface area contributed by atoms with Gasteiger partial charge in [-0.2, -0.15) is 0 Å². The van der Waals surface area contributed by atoms with Crippen LogP contribution in [0.15, 0.2) is 11.1 Å². The Balaban J connectivity index is 2.39. The van der Waals surface area contributed by atoms with Crippen LogP contribution in [-0.4, -0.2) is 12.8 Å². The van der Waals surface area contributed by atoms with Crippen molar-refractivity contribution in [2.45, 2.75) is 12.8 Å². The maximum Gasteiger partial charge on any atom is 0.0392 e. The van der Waals surface area contributed by atoms with E-state index in [1.54, 1.807) is 6.21 Å². The average molecular weight is 94.1 g/mol. The molecule has 7 heavy (non-hydrogen) atoms. The van der Waals surface area contributed by atoms with Crippen LogP contribution in [0.5, 0.6) is 0 Å². The van der Waals surface area contributed by atoms with Crippen LogP contribution in [0.3, 0.4) is 0 Å². The minimum Gasteiger partial charge on any atom is -0.293 e. The van der Waals surface area contributed by atoms with E-state index in [4.69, 9.17) is 0 Å². The molecule has 0 N–H and O–H groups in total. The van der Waals surface area contributed by atoms with Gasteiger partial charge in [0.05, 0.1) is 0 Å². The molecule has 0 saturated carbocycles. The fraction of sp³-hybridized carbons (Fsp3) is 0.500. The molecular formula is C6H8N. The lowest BCUT2D eigenvalue weighted by molar-refractivity contribution is 0.866. The molecule has 0 spiro atoms. The quantitative estimate of drug-likeness (QED) is 0.428. The maximum atomic E-state index is 4.00. The molecule has 1 heterocycles. The van der Waals surface area contributed by atoms with Crippen LogP contribution in [0.1, 0.15) is 12.8 Å². The van der Waals surface area contributed by atoms with E-state index in [1.165, 1.54) is 6.42 Å². The summed E-state index contributed by atoms with van der Waals surface area (Å²) in [5.41, 5.74) is 0. The summed E-state index contributed by atoms with van der Waals surface area (Å²) in [6.45, 7) is 0.976. The Morgan fingerprint density at radius 3 is 3.57 bits per heavy atom. The van der Waals surface area contributed by atoms with Crippen molar-refractivity contribution in [1.29, 1.82) is 0 Å². The van der Waals surface area contributed by atoms with Gasteiger partial charge in [0.25, 0.3) is 0 Å². The molecule has 1 aliphatic heterocycles. The van der Waals surface area contributed by atoms with Gasteiger partial charge in [0.15, 0.2) is 0 Å². The Morgan fingerprint density at radius 2 is 2.57 bits per heavy atom. The highest BCUT2D eigenvalue weighted by molar-refractivity contribution is 5.66. The first-order valence-corrected chi connectivity index (χ1v) is 2.56. The highest BCUT2D eigenvalue weighted by Gasteiger charge is 1.82. The van der Waals surface area contributed by atoms with Gasteiger partial charge in [0.2, 0.25) is 0 Å². The molecule has 0 fully saturated rings. The van der Waals surface area contributed by atoms with E-state index in [9.17, 15) is 0 Å². The van der Waals surface area contributed by atoms with E-state index in [0.29, 0.717) is 0 Å². The lowest BCUT2D eigenvalue weighted by Crippen LogP contribution is -1.73. The number of nitrogens with zero attached hydrogens (tertiary/aromatic N) is 1. The largest absolute Gasteiger partial charge is 0.293 e. The van der Waals surface area contributed by atoms with Crippen LogP contribution in [0, 0.1) is 6.08 Å². The molecule has 37 valence electrons. The fourth-order valence-corrected chi connectivity index (χ4v) is 0.538. The van der Waals surface area contributed by atoms with Gasteiger partial charge in [-0.25, -0.2) is 0 Å². The molecule has 1 rings (SSSR count). The molecule has 0 saturated heterocycles. The summed E-state index contributed by atoms with van der Waals surface area (Å²) in [6, 6.07) is 0. The summed E-state index contributed by atoms with van der Waals surface area (Å²) < 4.78 is 0. The molecule has 1 nitrogen and oxygen atoms in total. The smallest absolute Gasteiger partial charge is 0.0392 e. The molecule has 0 unspecified atom stereocenters. The normalized spacial score (nSPS) is 19.4. The van der Waals surface area contributed by atoms with E-state index >= 15 is 0 Å². The molecule has 0 aliphatic carbocycles. The van der Waals surface area contributed by atoms with E-state index in [2.05, 4.69) is 11.1 Å². The van der Waals surface area contributed by atoms with Gasteiger partial charge < -0.3 is 0 Å². The number of allylic oxidation sites excluding steroid dienone is 2. The number of aliphatic imine (C=N–C) groups is 1. The van der Waals surface area contributed by atoms with Gasteiger partial charge in [0, 0.05) is 12.8 Å². The molecule has 0 amide bonds.